The molecule has 1 aromatic rings. The van der Waals surface area contributed by atoms with Gasteiger partial charge in [-0.25, -0.2) is 4.79 Å². The highest BCUT2D eigenvalue weighted by Gasteiger charge is 2.41. The van der Waals surface area contributed by atoms with Gasteiger partial charge in [-0.2, -0.15) is 0 Å². The Hall–Kier alpha value is -1.75. The number of benzene rings is 1. The van der Waals surface area contributed by atoms with Crippen LogP contribution in [0.5, 0.6) is 5.75 Å². The van der Waals surface area contributed by atoms with Crippen LogP contribution < -0.4 is 10.1 Å². The second-order valence-corrected chi connectivity index (χ2v) is 8.08. The zero-order valence-electron chi connectivity index (χ0n) is 15.7. The van der Waals surface area contributed by atoms with Gasteiger partial charge in [0.1, 0.15) is 11.4 Å². The minimum atomic E-state index is -0.471. The number of piperazine rings is 1. The number of nitrogens with zero attached hydrogens (tertiary/aromatic N) is 1. The first-order valence-electron chi connectivity index (χ1n) is 9.27. The highest BCUT2D eigenvalue weighted by atomic mass is 16.6. The Balaban J connectivity index is 1.80. The molecule has 1 heterocycles. The summed E-state index contributed by atoms with van der Waals surface area (Å²) in [5.74, 6) is 0.846. The number of carbonyl (C=O) groups excluding carboxylic acids is 1. The van der Waals surface area contributed by atoms with E-state index in [0.717, 1.165) is 18.6 Å². The highest BCUT2D eigenvalue weighted by molar-refractivity contribution is 5.69. The van der Waals surface area contributed by atoms with Gasteiger partial charge in [0, 0.05) is 12.6 Å². The number of ether oxygens (including phenoxy) is 2. The summed E-state index contributed by atoms with van der Waals surface area (Å²) in [7, 11) is 1.67. The number of amides is 1. The normalized spacial score (nSPS) is 26.7. The maximum Gasteiger partial charge on any atom is 0.410 e. The van der Waals surface area contributed by atoms with Gasteiger partial charge in [0.05, 0.1) is 19.2 Å². The third kappa shape index (κ3) is 4.27. The molecule has 3 atom stereocenters. The van der Waals surface area contributed by atoms with Gasteiger partial charge in [-0.1, -0.05) is 25.0 Å². The standard InChI is InChI=1S/C20H30N2O3/c1-20(2,3)25-19(23)22-13-17(14-9-11-15(24-4)12-10-14)21-16-7-5-6-8-18(16)22/h9-12,16-18,21H,5-8,13H2,1-4H3/t16-,17-,18+/m0/s1. The van der Waals surface area contributed by atoms with Crippen molar-refractivity contribution in [2.45, 2.75) is 70.2 Å². The average molecular weight is 346 g/mol. The molecule has 0 bridgehead atoms. The van der Waals surface area contributed by atoms with Crippen molar-refractivity contribution in [1.29, 1.82) is 0 Å². The van der Waals surface area contributed by atoms with Crippen LogP contribution in [-0.4, -0.2) is 42.3 Å². The summed E-state index contributed by atoms with van der Waals surface area (Å²) in [6.45, 7) is 6.41. The highest BCUT2D eigenvalue weighted by Crippen LogP contribution is 2.33. The minimum absolute atomic E-state index is 0.123. The first-order chi connectivity index (χ1) is 11.9. The predicted octanol–water partition coefficient (Wildman–Crippen LogP) is 3.89. The van der Waals surface area contributed by atoms with Crippen LogP contribution in [0.2, 0.25) is 0 Å². The van der Waals surface area contributed by atoms with E-state index in [4.69, 9.17) is 9.47 Å². The van der Waals surface area contributed by atoms with Crippen LogP contribution >= 0.6 is 0 Å². The van der Waals surface area contributed by atoms with Crippen LogP contribution in [0, 0.1) is 0 Å². The summed E-state index contributed by atoms with van der Waals surface area (Å²) in [6.07, 6.45) is 4.36. The van der Waals surface area contributed by atoms with Gasteiger partial charge in [-0.05, 0) is 51.3 Å². The van der Waals surface area contributed by atoms with Gasteiger partial charge >= 0.3 is 6.09 Å². The summed E-state index contributed by atoms with van der Waals surface area (Å²) in [4.78, 5) is 14.8. The number of fused-ring (bicyclic) bond motifs is 1. The molecule has 2 fully saturated rings. The van der Waals surface area contributed by atoms with Gasteiger partial charge in [0.2, 0.25) is 0 Å². The third-order valence-corrected chi connectivity index (χ3v) is 5.07. The summed E-state index contributed by atoms with van der Waals surface area (Å²) >= 11 is 0. The van der Waals surface area contributed by atoms with Crippen molar-refractivity contribution in [2.75, 3.05) is 13.7 Å². The molecule has 0 radical (unpaired) electrons. The van der Waals surface area contributed by atoms with Crippen molar-refractivity contribution in [3.63, 3.8) is 0 Å². The van der Waals surface area contributed by atoms with Crippen LogP contribution in [0.25, 0.3) is 0 Å². The number of carbonyl (C=O) groups is 1. The van der Waals surface area contributed by atoms with Crippen molar-refractivity contribution in [3.05, 3.63) is 29.8 Å². The average Bonchev–Trinajstić information content (AvgIpc) is 2.59. The summed E-state index contributed by atoms with van der Waals surface area (Å²) in [5, 5.41) is 3.77. The lowest BCUT2D eigenvalue weighted by Gasteiger charge is -2.47. The fourth-order valence-corrected chi connectivity index (χ4v) is 3.89. The fraction of sp³-hybridized carbons (Fsp3) is 0.650. The molecule has 0 aromatic heterocycles. The van der Waals surface area contributed by atoms with Crippen LogP contribution in [0.15, 0.2) is 24.3 Å². The Morgan fingerprint density at radius 1 is 1.16 bits per heavy atom. The number of hydrogen-bond acceptors (Lipinski definition) is 4. The molecule has 1 N–H and O–H groups in total. The van der Waals surface area contributed by atoms with Gasteiger partial charge in [0.25, 0.3) is 0 Å². The van der Waals surface area contributed by atoms with E-state index < -0.39 is 5.60 Å². The zero-order valence-corrected chi connectivity index (χ0v) is 15.7. The molecular formula is C20H30N2O3. The first-order valence-corrected chi connectivity index (χ1v) is 9.27. The molecule has 1 aliphatic carbocycles. The van der Waals surface area contributed by atoms with Crippen molar-refractivity contribution < 1.29 is 14.3 Å². The molecule has 25 heavy (non-hydrogen) atoms. The molecule has 1 aromatic carbocycles. The number of hydrogen-bond donors (Lipinski definition) is 1. The number of rotatable bonds is 2. The summed E-state index contributed by atoms with van der Waals surface area (Å²) < 4.78 is 10.9. The van der Waals surface area contributed by atoms with E-state index >= 15 is 0 Å². The third-order valence-electron chi connectivity index (χ3n) is 5.07. The van der Waals surface area contributed by atoms with E-state index in [1.165, 1.54) is 18.4 Å². The molecule has 2 aliphatic rings. The van der Waals surface area contributed by atoms with E-state index in [1.807, 2.05) is 37.8 Å². The Morgan fingerprint density at radius 2 is 1.84 bits per heavy atom. The zero-order chi connectivity index (χ0) is 18.0. The lowest BCUT2D eigenvalue weighted by atomic mass is 9.85. The molecule has 1 amide bonds. The Kier molecular flexibility index (Phi) is 5.23. The van der Waals surface area contributed by atoms with Crippen molar-refractivity contribution >= 4 is 6.09 Å². The lowest BCUT2D eigenvalue weighted by Crippen LogP contribution is -2.62. The van der Waals surface area contributed by atoms with Gasteiger partial charge in [-0.15, -0.1) is 0 Å². The fourth-order valence-electron chi connectivity index (χ4n) is 3.89. The minimum Gasteiger partial charge on any atom is -0.497 e. The summed E-state index contributed by atoms with van der Waals surface area (Å²) in [5.41, 5.74) is 0.709. The Bertz CT molecular complexity index is 594. The lowest BCUT2D eigenvalue weighted by molar-refractivity contribution is -0.00711. The largest absolute Gasteiger partial charge is 0.497 e. The van der Waals surface area contributed by atoms with E-state index in [-0.39, 0.29) is 18.2 Å². The number of nitrogens with one attached hydrogen (secondary N) is 1. The Labute approximate surface area is 150 Å². The van der Waals surface area contributed by atoms with Crippen LogP contribution in [0.1, 0.15) is 58.1 Å². The van der Waals surface area contributed by atoms with Crippen LogP contribution in [-0.2, 0) is 4.74 Å². The molecule has 138 valence electrons. The monoisotopic (exact) mass is 346 g/mol. The quantitative estimate of drug-likeness (QED) is 0.883. The van der Waals surface area contributed by atoms with E-state index in [9.17, 15) is 4.79 Å². The van der Waals surface area contributed by atoms with E-state index in [0.29, 0.717) is 12.6 Å². The molecule has 5 nitrogen and oxygen atoms in total. The van der Waals surface area contributed by atoms with E-state index in [2.05, 4.69) is 17.4 Å². The van der Waals surface area contributed by atoms with Gasteiger partial charge in [-0.3, -0.25) is 0 Å². The van der Waals surface area contributed by atoms with Crippen LogP contribution in [0.4, 0.5) is 4.79 Å². The summed E-state index contributed by atoms with van der Waals surface area (Å²) in [6, 6.07) is 8.79. The SMILES string of the molecule is COc1ccc([C@@H]2CN(C(=O)OC(C)(C)C)[C@@H]3CCCC[C@@H]3N2)cc1. The Morgan fingerprint density at radius 3 is 2.48 bits per heavy atom. The van der Waals surface area contributed by atoms with Crippen molar-refractivity contribution in [1.82, 2.24) is 10.2 Å². The first kappa shape index (κ1) is 18.1. The molecule has 3 rings (SSSR count). The maximum absolute atomic E-state index is 12.8. The molecule has 1 saturated carbocycles. The number of methoxy groups -OCH3 is 1. The maximum atomic E-state index is 12.8. The molecule has 1 saturated heterocycles. The predicted molar refractivity (Wildman–Crippen MR) is 97.9 cm³/mol. The second-order valence-electron chi connectivity index (χ2n) is 8.08. The van der Waals surface area contributed by atoms with Gasteiger partial charge < -0.3 is 19.7 Å². The smallest absolute Gasteiger partial charge is 0.410 e. The van der Waals surface area contributed by atoms with Gasteiger partial charge in [0.15, 0.2) is 0 Å². The molecule has 0 unspecified atom stereocenters. The molecule has 0 spiro atoms. The van der Waals surface area contributed by atoms with Crippen molar-refractivity contribution in [2.24, 2.45) is 0 Å². The topological polar surface area (TPSA) is 50.8 Å². The molecule has 5 heteroatoms. The van der Waals surface area contributed by atoms with Crippen LogP contribution in [0.3, 0.4) is 0 Å². The molecular weight excluding hydrogens is 316 g/mol. The van der Waals surface area contributed by atoms with E-state index in [1.54, 1.807) is 7.11 Å². The second kappa shape index (κ2) is 7.24. The molecule has 1 aliphatic heterocycles. The van der Waals surface area contributed by atoms with Crippen molar-refractivity contribution in [3.8, 4) is 5.75 Å².